The summed E-state index contributed by atoms with van der Waals surface area (Å²) in [6.07, 6.45) is 2.52. The number of hydrogen-bond donors (Lipinski definition) is 1. The summed E-state index contributed by atoms with van der Waals surface area (Å²) in [7, 11) is 0. The number of nitrogens with two attached hydrogens (primary N) is 1. The van der Waals surface area contributed by atoms with Crippen LogP contribution in [0.15, 0.2) is 28.7 Å². The van der Waals surface area contributed by atoms with Crippen molar-refractivity contribution in [1.82, 2.24) is 4.90 Å². The van der Waals surface area contributed by atoms with Gasteiger partial charge in [-0.25, -0.2) is 0 Å². The molecule has 0 radical (unpaired) electrons. The zero-order chi connectivity index (χ0) is 16.4. The fraction of sp³-hybridized carbons (Fsp3) is 0.611. The zero-order valence-electron chi connectivity index (χ0n) is 13.6. The summed E-state index contributed by atoms with van der Waals surface area (Å²) < 4.78 is 6.59. The van der Waals surface area contributed by atoms with Gasteiger partial charge in [0.05, 0.1) is 5.41 Å². The van der Waals surface area contributed by atoms with Gasteiger partial charge in [0, 0.05) is 30.3 Å². The third kappa shape index (κ3) is 3.19. The van der Waals surface area contributed by atoms with Crippen LogP contribution in [0, 0.1) is 5.92 Å². The lowest BCUT2D eigenvalue weighted by molar-refractivity contribution is -0.142. The first kappa shape index (κ1) is 16.9. The maximum Gasteiger partial charge on any atom is 0.233 e. The van der Waals surface area contributed by atoms with E-state index in [4.69, 9.17) is 10.5 Å². The molecule has 23 heavy (non-hydrogen) atoms. The van der Waals surface area contributed by atoms with Gasteiger partial charge in [-0.2, -0.15) is 0 Å². The van der Waals surface area contributed by atoms with E-state index < -0.39 is 5.41 Å². The zero-order valence-corrected chi connectivity index (χ0v) is 15.2. The first-order valence-corrected chi connectivity index (χ1v) is 9.21. The number of benzene rings is 1. The lowest BCUT2D eigenvalue weighted by atomic mass is 9.73. The van der Waals surface area contributed by atoms with Crippen molar-refractivity contribution in [2.45, 2.75) is 37.6 Å². The molecule has 126 valence electrons. The van der Waals surface area contributed by atoms with Crippen molar-refractivity contribution in [2.24, 2.45) is 11.7 Å². The van der Waals surface area contributed by atoms with E-state index in [0.717, 1.165) is 35.8 Å². The average molecular weight is 381 g/mol. The average Bonchev–Trinajstić information content (AvgIpc) is 2.96. The molecule has 0 bridgehead atoms. The van der Waals surface area contributed by atoms with Crippen LogP contribution >= 0.6 is 15.9 Å². The Balaban J connectivity index is 1.92. The molecule has 2 atom stereocenters. The van der Waals surface area contributed by atoms with Gasteiger partial charge in [-0.15, -0.1) is 0 Å². The molecule has 0 spiro atoms. The molecule has 2 aliphatic rings. The van der Waals surface area contributed by atoms with Gasteiger partial charge in [-0.05, 0) is 56.3 Å². The molecule has 2 heterocycles. The van der Waals surface area contributed by atoms with Crippen molar-refractivity contribution in [1.29, 1.82) is 0 Å². The van der Waals surface area contributed by atoms with Crippen molar-refractivity contribution < 1.29 is 9.53 Å². The van der Waals surface area contributed by atoms with Gasteiger partial charge >= 0.3 is 0 Å². The van der Waals surface area contributed by atoms with Crippen molar-refractivity contribution in [3.63, 3.8) is 0 Å². The van der Waals surface area contributed by atoms with Crippen molar-refractivity contribution in [2.75, 3.05) is 26.3 Å². The van der Waals surface area contributed by atoms with Crippen LogP contribution in [0.5, 0.6) is 0 Å². The molecule has 3 rings (SSSR count). The van der Waals surface area contributed by atoms with Crippen LogP contribution in [-0.4, -0.2) is 43.2 Å². The van der Waals surface area contributed by atoms with Crippen LogP contribution in [0.3, 0.4) is 0 Å². The number of hydrogen-bond acceptors (Lipinski definition) is 3. The number of ether oxygens (including phenoxy) is 1. The third-order valence-electron chi connectivity index (χ3n) is 5.41. The van der Waals surface area contributed by atoms with Gasteiger partial charge in [0.15, 0.2) is 0 Å². The highest BCUT2D eigenvalue weighted by Gasteiger charge is 2.46. The molecule has 0 aromatic heterocycles. The van der Waals surface area contributed by atoms with Gasteiger partial charge in [-0.1, -0.05) is 28.1 Å². The molecule has 2 aliphatic heterocycles. The van der Waals surface area contributed by atoms with E-state index in [1.807, 2.05) is 12.1 Å². The van der Waals surface area contributed by atoms with Gasteiger partial charge in [0.25, 0.3) is 0 Å². The van der Waals surface area contributed by atoms with Crippen molar-refractivity contribution in [3.05, 3.63) is 34.3 Å². The molecule has 2 N–H and O–H groups in total. The van der Waals surface area contributed by atoms with Crippen molar-refractivity contribution >= 4 is 21.8 Å². The van der Waals surface area contributed by atoms with Gasteiger partial charge in [0.1, 0.15) is 0 Å². The quantitative estimate of drug-likeness (QED) is 0.876. The summed E-state index contributed by atoms with van der Waals surface area (Å²) in [4.78, 5) is 15.6. The largest absolute Gasteiger partial charge is 0.381 e. The summed E-state index contributed by atoms with van der Waals surface area (Å²) in [5, 5.41) is 0. The van der Waals surface area contributed by atoms with Gasteiger partial charge in [0.2, 0.25) is 5.91 Å². The maximum absolute atomic E-state index is 13.5. The lowest BCUT2D eigenvalue weighted by Gasteiger charge is -2.40. The van der Waals surface area contributed by atoms with E-state index in [1.165, 1.54) is 0 Å². The molecule has 2 fully saturated rings. The number of amides is 1. The number of likely N-dealkylation sites (tertiary alicyclic amines) is 1. The second-order valence-electron chi connectivity index (χ2n) is 6.85. The number of halogens is 1. The maximum atomic E-state index is 13.5. The molecule has 1 amide bonds. The monoisotopic (exact) mass is 380 g/mol. The predicted octanol–water partition coefficient (Wildman–Crippen LogP) is 2.69. The Kier molecular flexibility index (Phi) is 5.09. The van der Waals surface area contributed by atoms with Crippen LogP contribution in [0.1, 0.15) is 31.7 Å². The molecule has 0 saturated carbocycles. The Hall–Kier alpha value is -0.910. The van der Waals surface area contributed by atoms with Crippen LogP contribution in [0.25, 0.3) is 0 Å². The topological polar surface area (TPSA) is 55.6 Å². The highest BCUT2D eigenvalue weighted by Crippen LogP contribution is 2.39. The van der Waals surface area contributed by atoms with Gasteiger partial charge < -0.3 is 15.4 Å². The Morgan fingerprint density at radius 2 is 2.00 bits per heavy atom. The van der Waals surface area contributed by atoms with Crippen LogP contribution < -0.4 is 5.73 Å². The minimum Gasteiger partial charge on any atom is -0.381 e. The molecule has 5 heteroatoms. The minimum absolute atomic E-state index is 0.256. The number of rotatable bonds is 3. The minimum atomic E-state index is -0.448. The number of carbonyl (C=O) groups is 1. The third-order valence-corrected chi connectivity index (χ3v) is 5.94. The highest BCUT2D eigenvalue weighted by atomic mass is 79.9. The van der Waals surface area contributed by atoms with E-state index in [2.05, 4.69) is 39.9 Å². The molecule has 1 aromatic carbocycles. The van der Waals surface area contributed by atoms with Crippen LogP contribution in [0.4, 0.5) is 0 Å². The molecule has 1 aromatic rings. The Morgan fingerprint density at radius 1 is 1.35 bits per heavy atom. The van der Waals surface area contributed by atoms with E-state index in [-0.39, 0.29) is 11.9 Å². The molecule has 0 aliphatic carbocycles. The van der Waals surface area contributed by atoms with Crippen LogP contribution in [0.2, 0.25) is 0 Å². The summed E-state index contributed by atoms with van der Waals surface area (Å²) >= 11 is 3.48. The molecule has 2 unspecified atom stereocenters. The summed E-state index contributed by atoms with van der Waals surface area (Å²) in [5.74, 6) is 0.683. The highest BCUT2D eigenvalue weighted by molar-refractivity contribution is 9.10. The first-order valence-electron chi connectivity index (χ1n) is 8.42. The van der Waals surface area contributed by atoms with E-state index in [9.17, 15) is 4.79 Å². The van der Waals surface area contributed by atoms with Crippen LogP contribution in [-0.2, 0) is 14.9 Å². The second kappa shape index (κ2) is 6.91. The SMILES string of the molecule is CC1CC(CN)CN1C(=O)C1(c2ccc(Br)cc2)CCOCC1. The summed E-state index contributed by atoms with van der Waals surface area (Å²) in [6, 6.07) is 8.47. The Labute approximate surface area is 146 Å². The molecule has 4 nitrogen and oxygen atoms in total. The van der Waals surface area contributed by atoms with E-state index >= 15 is 0 Å². The summed E-state index contributed by atoms with van der Waals surface area (Å²) in [6.45, 7) is 4.87. The Morgan fingerprint density at radius 3 is 2.57 bits per heavy atom. The standard InChI is InChI=1S/C18H25BrN2O2/c1-13-10-14(11-20)12-21(13)17(22)18(6-8-23-9-7-18)15-2-4-16(19)5-3-15/h2-5,13-14H,6-12,20H2,1H3. The number of carbonyl (C=O) groups excluding carboxylic acids is 1. The van der Waals surface area contributed by atoms with Gasteiger partial charge in [-0.3, -0.25) is 4.79 Å². The smallest absolute Gasteiger partial charge is 0.233 e. The van der Waals surface area contributed by atoms with Crippen molar-refractivity contribution in [3.8, 4) is 0 Å². The first-order chi connectivity index (χ1) is 11.1. The lowest BCUT2D eigenvalue weighted by Crippen LogP contribution is -2.51. The fourth-order valence-electron chi connectivity index (χ4n) is 3.99. The molecule has 2 saturated heterocycles. The predicted molar refractivity (Wildman–Crippen MR) is 94.2 cm³/mol. The Bertz CT molecular complexity index is 555. The fourth-order valence-corrected chi connectivity index (χ4v) is 4.25. The molecular formula is C18H25BrN2O2. The normalized spacial score (nSPS) is 27.2. The van der Waals surface area contributed by atoms with E-state index in [0.29, 0.717) is 25.7 Å². The molecular weight excluding hydrogens is 356 g/mol. The second-order valence-corrected chi connectivity index (χ2v) is 7.76. The summed E-state index contributed by atoms with van der Waals surface area (Å²) in [5.41, 5.74) is 6.50. The van der Waals surface area contributed by atoms with E-state index in [1.54, 1.807) is 0 Å². The number of nitrogens with zero attached hydrogens (tertiary/aromatic N) is 1.